The second kappa shape index (κ2) is 4.75. The number of piperidine rings is 3. The van der Waals surface area contributed by atoms with Crippen LogP contribution in [0.2, 0.25) is 0 Å². The zero-order chi connectivity index (χ0) is 16.4. The fraction of sp³-hybridized carbons (Fsp3) is 0.529. The molecule has 6 rings (SSSR count). The van der Waals surface area contributed by atoms with Crippen LogP contribution in [0.1, 0.15) is 12.8 Å². The molecule has 7 heteroatoms. The topological polar surface area (TPSA) is 51.4 Å². The largest absolute Gasteiger partial charge is 0.585 e. The molecule has 0 amide bonds. The Balaban J connectivity index is 1.39. The predicted molar refractivity (Wildman–Crippen MR) is 93.8 cm³/mol. The second-order valence-electron chi connectivity index (χ2n) is 7.49. The van der Waals surface area contributed by atoms with E-state index in [1.807, 2.05) is 29.8 Å². The number of fused-ring (bicyclic) bond motifs is 3. The monoisotopic (exact) mass is 322 g/mol. The van der Waals surface area contributed by atoms with Crippen LogP contribution in [-0.4, -0.2) is 59.7 Å². The van der Waals surface area contributed by atoms with Crippen LogP contribution in [0, 0.1) is 5.92 Å². The maximum absolute atomic E-state index is 6.49. The number of ether oxygens (including phenoxy) is 1. The Morgan fingerprint density at radius 3 is 2.88 bits per heavy atom. The predicted octanol–water partition coefficient (Wildman–Crippen LogP) is 1.43. The van der Waals surface area contributed by atoms with Gasteiger partial charge in [-0.3, -0.25) is 5.32 Å². The van der Waals surface area contributed by atoms with Gasteiger partial charge in [-0.1, -0.05) is 12.1 Å². The van der Waals surface area contributed by atoms with Crippen LogP contribution in [0.25, 0.3) is 11.0 Å². The number of aliphatic imine (C=N–C) groups is 1. The van der Waals surface area contributed by atoms with Gasteiger partial charge in [0, 0.05) is 26.1 Å². The fourth-order valence-electron chi connectivity index (χ4n) is 4.60. The summed E-state index contributed by atoms with van der Waals surface area (Å²) in [5.74, 6) is 1.31. The van der Waals surface area contributed by atoms with E-state index in [0.29, 0.717) is 22.9 Å². The van der Waals surface area contributed by atoms with Gasteiger partial charge < -0.3 is 13.7 Å². The first-order chi connectivity index (χ1) is 11.6. The third-order valence-corrected chi connectivity index (χ3v) is 5.97. The van der Waals surface area contributed by atoms with Crippen molar-refractivity contribution >= 4 is 31.0 Å². The number of benzene rings is 1. The highest BCUT2D eigenvalue weighted by Crippen LogP contribution is 2.43. The molecule has 6 nitrogen and oxygen atoms in total. The SMILES string of the molecule is [B-][N+]12CCC(CC1)C1(CN=C(Nc3nc4ccccc4n3C)O1)C2. The number of hydrogen-bond acceptors (Lipinski definition) is 4. The minimum atomic E-state index is -0.224. The first-order valence-corrected chi connectivity index (χ1v) is 8.64. The molecule has 2 aromatic rings. The lowest BCUT2D eigenvalue weighted by Crippen LogP contribution is -2.69. The highest BCUT2D eigenvalue weighted by atomic mass is 16.5. The average molecular weight is 322 g/mol. The summed E-state index contributed by atoms with van der Waals surface area (Å²) in [5.41, 5.74) is 1.82. The summed E-state index contributed by atoms with van der Waals surface area (Å²) in [6.07, 6.45) is 2.26. The number of rotatable bonds is 1. The number of imidazole rings is 1. The van der Waals surface area contributed by atoms with E-state index in [9.17, 15) is 0 Å². The highest BCUT2D eigenvalue weighted by molar-refractivity contribution is 5.97. The smallest absolute Gasteiger partial charge is 0.292 e. The number of amidine groups is 1. The summed E-state index contributed by atoms with van der Waals surface area (Å²) in [6.45, 7) is 3.67. The molecule has 1 spiro atoms. The standard InChI is InChI=1S/C17H21BN5O/c1-22-14-5-3-2-4-13(14)20-15(22)21-16-19-10-17(24-16)11-23(18)8-6-12(17)7-9-23/h2-5,12H,6-11H2,1H3,(H,19,20,21). The third kappa shape index (κ3) is 2.00. The maximum Gasteiger partial charge on any atom is 0.292 e. The van der Waals surface area contributed by atoms with E-state index < -0.39 is 0 Å². The molecule has 3 fully saturated rings. The molecule has 1 unspecified atom stereocenters. The number of anilines is 1. The first-order valence-electron chi connectivity index (χ1n) is 8.64. The van der Waals surface area contributed by atoms with Gasteiger partial charge in [0.05, 0.1) is 24.1 Å². The van der Waals surface area contributed by atoms with Crippen molar-refractivity contribution in [2.45, 2.75) is 18.4 Å². The second-order valence-corrected chi connectivity index (χ2v) is 7.49. The molecule has 0 aliphatic carbocycles. The molecule has 5 heterocycles. The summed E-state index contributed by atoms with van der Waals surface area (Å²) in [7, 11) is 8.49. The van der Waals surface area contributed by atoms with E-state index in [1.165, 1.54) is 0 Å². The Labute approximate surface area is 142 Å². The van der Waals surface area contributed by atoms with E-state index in [-0.39, 0.29) is 5.60 Å². The number of nitrogens with zero attached hydrogens (tertiary/aromatic N) is 4. The molecule has 24 heavy (non-hydrogen) atoms. The van der Waals surface area contributed by atoms with Crippen molar-refractivity contribution in [2.75, 3.05) is 31.5 Å². The summed E-state index contributed by atoms with van der Waals surface area (Å²) >= 11 is 0. The molecule has 0 saturated carbocycles. The van der Waals surface area contributed by atoms with E-state index in [2.05, 4.69) is 21.4 Å². The molecular formula is C17H21BN5O. The first kappa shape index (κ1) is 14.3. The molecule has 3 radical (unpaired) electrons. The molecule has 123 valence electrons. The van der Waals surface area contributed by atoms with Gasteiger partial charge >= 0.3 is 0 Å². The molecular weight excluding hydrogens is 301 g/mol. The molecule has 1 aromatic heterocycles. The van der Waals surface area contributed by atoms with Gasteiger partial charge in [-0.2, -0.15) is 0 Å². The van der Waals surface area contributed by atoms with Crippen molar-refractivity contribution in [1.29, 1.82) is 0 Å². The zero-order valence-corrected chi connectivity index (χ0v) is 13.9. The lowest BCUT2D eigenvalue weighted by atomic mass is 9.72. The van der Waals surface area contributed by atoms with E-state index >= 15 is 0 Å². The fourth-order valence-corrected chi connectivity index (χ4v) is 4.60. The Kier molecular flexibility index (Phi) is 2.84. The van der Waals surface area contributed by atoms with Crippen LogP contribution < -0.4 is 5.32 Å². The van der Waals surface area contributed by atoms with Gasteiger partial charge in [0.25, 0.3) is 6.02 Å². The van der Waals surface area contributed by atoms with Gasteiger partial charge in [0.1, 0.15) is 0 Å². The molecule has 1 N–H and O–H groups in total. The number of aromatic nitrogens is 2. The molecule has 1 atom stereocenters. The van der Waals surface area contributed by atoms with E-state index in [0.717, 1.165) is 49.5 Å². The van der Waals surface area contributed by atoms with Crippen LogP contribution in [-0.2, 0) is 11.8 Å². The number of aryl methyl sites for hydroxylation is 1. The minimum absolute atomic E-state index is 0.224. The number of nitrogens with one attached hydrogen (secondary N) is 1. The van der Waals surface area contributed by atoms with Crippen molar-refractivity contribution in [3.63, 3.8) is 0 Å². The lowest BCUT2D eigenvalue weighted by Gasteiger charge is -2.64. The van der Waals surface area contributed by atoms with Gasteiger partial charge in [0.2, 0.25) is 5.95 Å². The minimum Gasteiger partial charge on any atom is -0.585 e. The summed E-state index contributed by atoms with van der Waals surface area (Å²) < 4.78 is 8.99. The molecule has 4 aliphatic rings. The van der Waals surface area contributed by atoms with E-state index in [1.54, 1.807) is 0 Å². The van der Waals surface area contributed by atoms with Crippen LogP contribution in [0.4, 0.5) is 5.95 Å². The van der Waals surface area contributed by atoms with Crippen molar-refractivity contribution < 1.29 is 9.13 Å². The molecule has 1 aromatic carbocycles. The number of para-hydroxylation sites is 2. The number of hydrogen-bond donors (Lipinski definition) is 1. The van der Waals surface area contributed by atoms with Gasteiger partial charge in [0.15, 0.2) is 5.60 Å². The highest BCUT2D eigenvalue weighted by Gasteiger charge is 2.54. The third-order valence-electron chi connectivity index (χ3n) is 5.97. The molecule has 3 saturated heterocycles. The Morgan fingerprint density at radius 2 is 2.12 bits per heavy atom. The Morgan fingerprint density at radius 1 is 1.33 bits per heavy atom. The maximum atomic E-state index is 6.49. The van der Waals surface area contributed by atoms with Crippen LogP contribution >= 0.6 is 0 Å². The molecule has 2 bridgehead atoms. The van der Waals surface area contributed by atoms with Crippen molar-refractivity contribution in [3.8, 4) is 0 Å². The normalized spacial score (nSPS) is 34.6. The molecule has 4 aliphatic heterocycles. The van der Waals surface area contributed by atoms with Crippen molar-refractivity contribution in [1.82, 2.24) is 9.55 Å². The Hall–Kier alpha value is -2.02. The van der Waals surface area contributed by atoms with Gasteiger partial charge in [-0.25, -0.2) is 18.0 Å². The Bertz CT molecular complexity index is 839. The van der Waals surface area contributed by atoms with Gasteiger partial charge in [-0.05, 0) is 25.0 Å². The summed E-state index contributed by atoms with van der Waals surface area (Å²) in [4.78, 5) is 9.27. The quantitative estimate of drug-likeness (QED) is 0.808. The van der Waals surface area contributed by atoms with Crippen molar-refractivity contribution in [2.24, 2.45) is 18.0 Å². The van der Waals surface area contributed by atoms with Crippen LogP contribution in [0.5, 0.6) is 0 Å². The van der Waals surface area contributed by atoms with Crippen LogP contribution in [0.3, 0.4) is 0 Å². The average Bonchev–Trinajstić information content (AvgIpc) is 3.10. The van der Waals surface area contributed by atoms with Gasteiger partial charge in [-0.15, -0.1) is 0 Å². The van der Waals surface area contributed by atoms with Crippen molar-refractivity contribution in [3.05, 3.63) is 24.3 Å². The summed E-state index contributed by atoms with van der Waals surface area (Å²) in [5, 5.41) is 3.27. The number of quaternary nitrogens is 1. The summed E-state index contributed by atoms with van der Waals surface area (Å²) in [6, 6.07) is 8.66. The lowest BCUT2D eigenvalue weighted by molar-refractivity contribution is -0.845. The van der Waals surface area contributed by atoms with Crippen LogP contribution in [0.15, 0.2) is 29.3 Å². The van der Waals surface area contributed by atoms with E-state index in [4.69, 9.17) is 12.7 Å². The zero-order valence-electron chi connectivity index (χ0n) is 13.9.